The fourth-order valence-electron chi connectivity index (χ4n) is 1.80. The molecule has 1 aromatic heterocycles. The molecule has 1 rings (SSSR count). The van der Waals surface area contributed by atoms with Crippen LogP contribution in [0.3, 0.4) is 0 Å². The maximum absolute atomic E-state index is 11.5. The normalized spacial score (nSPS) is 12.6. The van der Waals surface area contributed by atoms with Crippen LogP contribution in [0.2, 0.25) is 0 Å². The number of esters is 1. The molecule has 1 atom stereocenters. The highest BCUT2D eigenvalue weighted by molar-refractivity contribution is 5.88. The molecule has 20 heavy (non-hydrogen) atoms. The molecule has 1 unspecified atom stereocenters. The number of anilines is 2. The predicted octanol–water partition coefficient (Wildman–Crippen LogP) is 1.45. The first-order valence-electron chi connectivity index (χ1n) is 6.61. The van der Waals surface area contributed by atoms with Crippen LogP contribution in [0.1, 0.15) is 24.3 Å². The van der Waals surface area contributed by atoms with E-state index in [2.05, 4.69) is 33.8 Å². The highest BCUT2D eigenvalue weighted by Crippen LogP contribution is 2.19. The molecule has 0 saturated carbocycles. The van der Waals surface area contributed by atoms with Gasteiger partial charge < -0.3 is 20.7 Å². The minimum absolute atomic E-state index is 0.188. The van der Waals surface area contributed by atoms with Crippen molar-refractivity contribution in [2.24, 2.45) is 5.92 Å². The lowest BCUT2D eigenvalue weighted by molar-refractivity contribution is 0.0594. The third kappa shape index (κ3) is 4.38. The van der Waals surface area contributed by atoms with E-state index in [1.807, 2.05) is 14.1 Å². The van der Waals surface area contributed by atoms with Gasteiger partial charge in [-0.05, 0) is 32.1 Å². The van der Waals surface area contributed by atoms with Gasteiger partial charge in [0, 0.05) is 12.6 Å². The Kier molecular flexibility index (Phi) is 5.76. The third-order valence-electron chi connectivity index (χ3n) is 3.01. The first-order valence-corrected chi connectivity index (χ1v) is 6.61. The summed E-state index contributed by atoms with van der Waals surface area (Å²) in [6.45, 7) is 5.10. The van der Waals surface area contributed by atoms with Gasteiger partial charge in [0.25, 0.3) is 0 Å². The Balaban J connectivity index is 2.96. The number of aromatic nitrogens is 1. The first-order chi connectivity index (χ1) is 9.35. The van der Waals surface area contributed by atoms with Crippen molar-refractivity contribution in [1.29, 1.82) is 0 Å². The number of likely N-dealkylation sites (N-methyl/N-ethyl adjacent to an activating group) is 1. The Bertz CT molecular complexity index is 460. The van der Waals surface area contributed by atoms with E-state index < -0.39 is 5.97 Å². The van der Waals surface area contributed by atoms with E-state index >= 15 is 0 Å². The molecule has 1 heterocycles. The molecule has 112 valence electrons. The van der Waals surface area contributed by atoms with Gasteiger partial charge in [0.1, 0.15) is 5.82 Å². The van der Waals surface area contributed by atoms with Crippen molar-refractivity contribution >= 4 is 17.5 Å². The maximum atomic E-state index is 11.5. The molecule has 0 aliphatic rings. The maximum Gasteiger partial charge on any atom is 0.356 e. The zero-order valence-electron chi connectivity index (χ0n) is 12.8. The number of nitrogens with zero attached hydrogens (tertiary/aromatic N) is 2. The Morgan fingerprint density at radius 1 is 1.45 bits per heavy atom. The lowest BCUT2D eigenvalue weighted by Gasteiger charge is -2.26. The quantitative estimate of drug-likeness (QED) is 0.768. The van der Waals surface area contributed by atoms with Gasteiger partial charge in [0.15, 0.2) is 5.69 Å². The average molecular weight is 280 g/mol. The molecular weight excluding hydrogens is 256 g/mol. The SMILES string of the molecule is COC(=O)c1ccc(N)c(NC(CN(C)C)C(C)C)n1. The number of pyridine rings is 1. The van der Waals surface area contributed by atoms with Crippen molar-refractivity contribution in [2.75, 3.05) is 38.8 Å². The number of rotatable bonds is 6. The van der Waals surface area contributed by atoms with Gasteiger partial charge in [-0.25, -0.2) is 9.78 Å². The summed E-state index contributed by atoms with van der Waals surface area (Å²) in [4.78, 5) is 17.9. The molecule has 0 radical (unpaired) electrons. The second kappa shape index (κ2) is 7.09. The molecule has 1 aromatic rings. The lowest BCUT2D eigenvalue weighted by atomic mass is 10.0. The summed E-state index contributed by atoms with van der Waals surface area (Å²) >= 11 is 0. The topological polar surface area (TPSA) is 80.5 Å². The first kappa shape index (κ1) is 16.2. The van der Waals surface area contributed by atoms with E-state index in [1.165, 1.54) is 7.11 Å². The van der Waals surface area contributed by atoms with Crippen LogP contribution in [-0.4, -0.2) is 49.6 Å². The van der Waals surface area contributed by atoms with Crippen molar-refractivity contribution in [3.63, 3.8) is 0 Å². The van der Waals surface area contributed by atoms with Crippen LogP contribution in [0.15, 0.2) is 12.1 Å². The molecule has 0 bridgehead atoms. The van der Waals surface area contributed by atoms with Crippen molar-refractivity contribution in [2.45, 2.75) is 19.9 Å². The number of ether oxygens (including phenoxy) is 1. The second-order valence-corrected chi connectivity index (χ2v) is 5.38. The third-order valence-corrected chi connectivity index (χ3v) is 3.01. The summed E-state index contributed by atoms with van der Waals surface area (Å²) in [6.07, 6.45) is 0. The Hall–Kier alpha value is -1.82. The number of hydrogen-bond donors (Lipinski definition) is 2. The summed E-state index contributed by atoms with van der Waals surface area (Å²) < 4.78 is 4.67. The molecule has 0 aliphatic carbocycles. The Morgan fingerprint density at radius 3 is 2.60 bits per heavy atom. The van der Waals surface area contributed by atoms with E-state index in [0.717, 1.165) is 6.54 Å². The fourth-order valence-corrected chi connectivity index (χ4v) is 1.80. The summed E-state index contributed by atoms with van der Waals surface area (Å²) in [6, 6.07) is 3.41. The molecule has 0 aliphatic heterocycles. The number of nitrogen functional groups attached to an aromatic ring is 1. The van der Waals surface area contributed by atoms with Gasteiger partial charge in [-0.1, -0.05) is 13.8 Å². The van der Waals surface area contributed by atoms with Gasteiger partial charge in [-0.3, -0.25) is 0 Å². The molecule has 6 heteroatoms. The van der Waals surface area contributed by atoms with Gasteiger partial charge in [-0.15, -0.1) is 0 Å². The molecule has 0 spiro atoms. The minimum Gasteiger partial charge on any atom is -0.464 e. The number of nitrogens with one attached hydrogen (secondary N) is 1. The van der Waals surface area contributed by atoms with Crippen molar-refractivity contribution in [1.82, 2.24) is 9.88 Å². The van der Waals surface area contributed by atoms with Gasteiger partial charge in [0.05, 0.1) is 12.8 Å². The van der Waals surface area contributed by atoms with Crippen molar-refractivity contribution < 1.29 is 9.53 Å². The van der Waals surface area contributed by atoms with Crippen LogP contribution < -0.4 is 11.1 Å². The molecule has 3 N–H and O–H groups in total. The number of carbonyl (C=O) groups is 1. The van der Waals surface area contributed by atoms with Gasteiger partial charge in [0.2, 0.25) is 0 Å². The molecule has 0 amide bonds. The largest absolute Gasteiger partial charge is 0.464 e. The number of carbonyl (C=O) groups excluding carboxylic acids is 1. The highest BCUT2D eigenvalue weighted by atomic mass is 16.5. The van der Waals surface area contributed by atoms with Crippen LogP contribution in [0.4, 0.5) is 11.5 Å². The standard InChI is InChI=1S/C14H24N4O2/c1-9(2)12(8-18(3)4)17-13-10(15)6-7-11(16-13)14(19)20-5/h6-7,9,12H,8,15H2,1-5H3,(H,16,17). The second-order valence-electron chi connectivity index (χ2n) is 5.38. The van der Waals surface area contributed by atoms with Gasteiger partial charge >= 0.3 is 5.97 Å². The highest BCUT2D eigenvalue weighted by Gasteiger charge is 2.17. The molecular formula is C14H24N4O2. The summed E-state index contributed by atoms with van der Waals surface area (Å²) in [5.41, 5.74) is 6.68. The number of methoxy groups -OCH3 is 1. The monoisotopic (exact) mass is 280 g/mol. The molecule has 0 aromatic carbocycles. The van der Waals surface area contributed by atoms with Crippen LogP contribution in [0.25, 0.3) is 0 Å². The summed E-state index contributed by atoms with van der Waals surface area (Å²) in [7, 11) is 5.36. The zero-order valence-corrected chi connectivity index (χ0v) is 12.8. The van der Waals surface area contributed by atoms with Crippen LogP contribution >= 0.6 is 0 Å². The van der Waals surface area contributed by atoms with Crippen molar-refractivity contribution in [3.05, 3.63) is 17.8 Å². The fraction of sp³-hybridized carbons (Fsp3) is 0.571. The van der Waals surface area contributed by atoms with Crippen molar-refractivity contribution in [3.8, 4) is 0 Å². The number of nitrogens with two attached hydrogens (primary N) is 1. The number of hydrogen-bond acceptors (Lipinski definition) is 6. The van der Waals surface area contributed by atoms with E-state index in [9.17, 15) is 4.79 Å². The van der Waals surface area contributed by atoms with Crippen LogP contribution in [-0.2, 0) is 4.74 Å². The Labute approximate surface area is 120 Å². The van der Waals surface area contributed by atoms with E-state index in [1.54, 1.807) is 12.1 Å². The Morgan fingerprint density at radius 2 is 2.10 bits per heavy atom. The van der Waals surface area contributed by atoms with E-state index in [-0.39, 0.29) is 11.7 Å². The lowest BCUT2D eigenvalue weighted by Crippen LogP contribution is -2.37. The molecule has 6 nitrogen and oxygen atoms in total. The van der Waals surface area contributed by atoms with Crippen LogP contribution in [0, 0.1) is 5.92 Å². The predicted molar refractivity (Wildman–Crippen MR) is 80.8 cm³/mol. The van der Waals surface area contributed by atoms with E-state index in [0.29, 0.717) is 17.4 Å². The van der Waals surface area contributed by atoms with Crippen LogP contribution in [0.5, 0.6) is 0 Å². The van der Waals surface area contributed by atoms with Gasteiger partial charge in [-0.2, -0.15) is 0 Å². The molecule has 0 saturated heterocycles. The molecule has 0 fully saturated rings. The average Bonchev–Trinajstić information content (AvgIpc) is 2.38. The summed E-state index contributed by atoms with van der Waals surface area (Å²) in [5, 5.41) is 3.31. The smallest absolute Gasteiger partial charge is 0.356 e. The summed E-state index contributed by atoms with van der Waals surface area (Å²) in [5.74, 6) is 0.454. The van der Waals surface area contributed by atoms with E-state index in [4.69, 9.17) is 5.73 Å². The minimum atomic E-state index is -0.471. The zero-order chi connectivity index (χ0) is 15.3.